The summed E-state index contributed by atoms with van der Waals surface area (Å²) in [6.07, 6.45) is 8.01. The van der Waals surface area contributed by atoms with Crippen LogP contribution >= 0.6 is 11.3 Å². The molecule has 1 N–H and O–H groups in total. The van der Waals surface area contributed by atoms with Crippen LogP contribution in [0.2, 0.25) is 0 Å². The number of aryl methyl sites for hydroxylation is 1. The van der Waals surface area contributed by atoms with Gasteiger partial charge in [0.2, 0.25) is 0 Å². The molecule has 1 aromatic carbocycles. The lowest BCUT2D eigenvalue weighted by Crippen LogP contribution is -1.94. The molecule has 2 aromatic heterocycles. The van der Waals surface area contributed by atoms with Crippen LogP contribution in [0.5, 0.6) is 0 Å². The minimum absolute atomic E-state index is 0.233. The maximum atomic E-state index is 11.1. The number of carbonyl (C=O) groups is 1. The van der Waals surface area contributed by atoms with Crippen LogP contribution < -0.4 is 0 Å². The predicted octanol–water partition coefficient (Wildman–Crippen LogP) is 3.86. The minimum atomic E-state index is -0.969. The Labute approximate surface area is 143 Å². The van der Waals surface area contributed by atoms with Crippen molar-refractivity contribution in [3.63, 3.8) is 0 Å². The number of hydrogen-bond donors (Lipinski definition) is 1. The van der Waals surface area contributed by atoms with Crippen molar-refractivity contribution in [1.29, 1.82) is 0 Å². The summed E-state index contributed by atoms with van der Waals surface area (Å²) in [6, 6.07) is 10.1. The Kier molecular flexibility index (Phi) is 4.77. The average molecular weight is 337 g/mol. The van der Waals surface area contributed by atoms with Crippen LogP contribution in [-0.4, -0.2) is 26.0 Å². The summed E-state index contributed by atoms with van der Waals surface area (Å²) in [5.41, 5.74) is 3.01. The van der Waals surface area contributed by atoms with E-state index in [0.29, 0.717) is 22.1 Å². The zero-order chi connectivity index (χ0) is 16.9. The molecule has 0 saturated carbocycles. The molecule has 5 nitrogen and oxygen atoms in total. The quantitative estimate of drug-likeness (QED) is 0.765. The third-order valence-electron chi connectivity index (χ3n) is 3.35. The summed E-state index contributed by atoms with van der Waals surface area (Å²) in [4.78, 5) is 24.3. The molecular weight excluding hydrogens is 322 g/mol. The van der Waals surface area contributed by atoms with Gasteiger partial charge in [0.1, 0.15) is 15.6 Å². The Hall–Kier alpha value is -2.86. The predicted molar refractivity (Wildman–Crippen MR) is 94.0 cm³/mol. The molecule has 0 aliphatic rings. The zero-order valence-electron chi connectivity index (χ0n) is 13.0. The Balaban J connectivity index is 1.79. The van der Waals surface area contributed by atoms with Crippen molar-refractivity contribution in [1.82, 2.24) is 15.0 Å². The largest absolute Gasteiger partial charge is 0.477 e. The fourth-order valence-electron chi connectivity index (χ4n) is 2.20. The summed E-state index contributed by atoms with van der Waals surface area (Å²) >= 11 is 1.11. The maximum Gasteiger partial charge on any atom is 0.347 e. The molecule has 3 aromatic rings. The third-order valence-corrected chi connectivity index (χ3v) is 4.52. The van der Waals surface area contributed by atoms with E-state index in [1.54, 1.807) is 19.3 Å². The van der Waals surface area contributed by atoms with Crippen LogP contribution in [0.25, 0.3) is 16.8 Å². The number of carboxylic acid groups (broad SMARTS) is 1. The van der Waals surface area contributed by atoms with E-state index in [0.717, 1.165) is 17.8 Å². The van der Waals surface area contributed by atoms with Crippen molar-refractivity contribution in [2.45, 2.75) is 13.3 Å². The number of benzene rings is 1. The van der Waals surface area contributed by atoms with Gasteiger partial charge in [-0.1, -0.05) is 36.4 Å². The highest BCUT2D eigenvalue weighted by atomic mass is 32.1. The molecule has 0 aliphatic carbocycles. The van der Waals surface area contributed by atoms with Crippen LogP contribution in [-0.2, 0) is 6.42 Å². The SMILES string of the molecule is Cc1nc(-c2cncc(/C=C/Cc3ccccc3)n2)sc1C(=O)O. The van der Waals surface area contributed by atoms with E-state index in [4.69, 9.17) is 5.11 Å². The normalized spacial score (nSPS) is 11.0. The van der Waals surface area contributed by atoms with Gasteiger partial charge in [-0.25, -0.2) is 14.8 Å². The number of allylic oxidation sites excluding steroid dienone is 1. The second-order valence-corrected chi connectivity index (χ2v) is 6.16. The fraction of sp³-hybridized carbons (Fsp3) is 0.111. The van der Waals surface area contributed by atoms with Crippen LogP contribution in [0, 0.1) is 6.92 Å². The van der Waals surface area contributed by atoms with Gasteiger partial charge < -0.3 is 5.11 Å². The molecule has 3 rings (SSSR count). The third kappa shape index (κ3) is 3.72. The number of rotatable bonds is 5. The lowest BCUT2D eigenvalue weighted by Gasteiger charge is -1.98. The van der Waals surface area contributed by atoms with Crippen molar-refractivity contribution in [3.05, 3.63) is 70.6 Å². The molecule has 0 bridgehead atoms. The Morgan fingerprint density at radius 3 is 2.71 bits per heavy atom. The standard InChI is InChI=1S/C18H15N3O2S/c1-12-16(18(22)23)24-17(20-12)15-11-19-10-14(21-15)9-5-8-13-6-3-2-4-7-13/h2-7,9-11H,8H2,1H3,(H,22,23)/b9-5+. The van der Waals surface area contributed by atoms with Gasteiger partial charge in [-0.2, -0.15) is 0 Å². The molecular formula is C18H15N3O2S. The zero-order valence-corrected chi connectivity index (χ0v) is 13.8. The van der Waals surface area contributed by atoms with E-state index in [1.165, 1.54) is 5.56 Å². The van der Waals surface area contributed by atoms with Gasteiger partial charge >= 0.3 is 5.97 Å². The van der Waals surface area contributed by atoms with Gasteiger partial charge in [0, 0.05) is 0 Å². The van der Waals surface area contributed by atoms with E-state index in [9.17, 15) is 4.79 Å². The van der Waals surface area contributed by atoms with Crippen molar-refractivity contribution < 1.29 is 9.90 Å². The number of hydrogen-bond acceptors (Lipinski definition) is 5. The van der Waals surface area contributed by atoms with Crippen LogP contribution in [0.3, 0.4) is 0 Å². The molecule has 0 atom stereocenters. The average Bonchev–Trinajstić information content (AvgIpc) is 2.98. The molecule has 0 spiro atoms. The van der Waals surface area contributed by atoms with Crippen LogP contribution in [0.15, 0.2) is 48.8 Å². The maximum absolute atomic E-state index is 11.1. The van der Waals surface area contributed by atoms with E-state index < -0.39 is 5.97 Å². The first-order valence-electron chi connectivity index (χ1n) is 7.37. The van der Waals surface area contributed by atoms with Crippen molar-refractivity contribution in [3.8, 4) is 10.7 Å². The molecule has 0 aliphatic heterocycles. The second-order valence-electron chi connectivity index (χ2n) is 5.16. The lowest BCUT2D eigenvalue weighted by molar-refractivity contribution is 0.0701. The number of aromatic nitrogens is 3. The van der Waals surface area contributed by atoms with E-state index >= 15 is 0 Å². The summed E-state index contributed by atoms with van der Waals surface area (Å²) in [5.74, 6) is -0.969. The van der Waals surface area contributed by atoms with E-state index in [1.807, 2.05) is 30.4 Å². The summed E-state index contributed by atoms with van der Waals surface area (Å²) in [7, 11) is 0. The van der Waals surface area contributed by atoms with Gasteiger partial charge in [0.25, 0.3) is 0 Å². The number of aromatic carboxylic acids is 1. The van der Waals surface area contributed by atoms with Gasteiger partial charge in [-0.3, -0.25) is 4.98 Å². The first kappa shape index (κ1) is 16.0. The van der Waals surface area contributed by atoms with Crippen LogP contribution in [0.4, 0.5) is 0 Å². The second kappa shape index (κ2) is 7.14. The molecule has 2 heterocycles. The molecule has 0 saturated heterocycles. The highest BCUT2D eigenvalue weighted by Crippen LogP contribution is 2.26. The molecule has 24 heavy (non-hydrogen) atoms. The fourth-order valence-corrected chi connectivity index (χ4v) is 3.06. The van der Waals surface area contributed by atoms with Gasteiger partial charge in [-0.05, 0) is 25.0 Å². The molecule has 120 valence electrons. The van der Waals surface area contributed by atoms with Crippen molar-refractivity contribution >= 4 is 23.4 Å². The smallest absolute Gasteiger partial charge is 0.347 e. The highest BCUT2D eigenvalue weighted by molar-refractivity contribution is 7.17. The number of thiazole rings is 1. The first-order chi connectivity index (χ1) is 11.6. The van der Waals surface area contributed by atoms with Gasteiger partial charge in [-0.15, -0.1) is 11.3 Å². The molecule has 0 amide bonds. The summed E-state index contributed by atoms with van der Waals surface area (Å²) < 4.78 is 0. The van der Waals surface area contributed by atoms with E-state index in [-0.39, 0.29) is 4.88 Å². The number of nitrogens with zero attached hydrogens (tertiary/aromatic N) is 3. The lowest BCUT2D eigenvalue weighted by atomic mass is 10.1. The topological polar surface area (TPSA) is 76.0 Å². The van der Waals surface area contributed by atoms with Crippen molar-refractivity contribution in [2.24, 2.45) is 0 Å². The Morgan fingerprint density at radius 2 is 2.00 bits per heavy atom. The molecule has 0 unspecified atom stereocenters. The summed E-state index contributed by atoms with van der Waals surface area (Å²) in [5, 5.41) is 9.69. The Bertz CT molecular complexity index is 888. The van der Waals surface area contributed by atoms with Crippen LogP contribution in [0.1, 0.15) is 26.6 Å². The monoisotopic (exact) mass is 337 g/mol. The van der Waals surface area contributed by atoms with Crippen molar-refractivity contribution in [2.75, 3.05) is 0 Å². The molecule has 0 radical (unpaired) electrons. The van der Waals surface area contributed by atoms with Gasteiger partial charge in [0.15, 0.2) is 0 Å². The Morgan fingerprint density at radius 1 is 1.21 bits per heavy atom. The summed E-state index contributed by atoms with van der Waals surface area (Å²) in [6.45, 7) is 1.68. The molecule has 0 fully saturated rings. The minimum Gasteiger partial charge on any atom is -0.477 e. The highest BCUT2D eigenvalue weighted by Gasteiger charge is 2.15. The van der Waals surface area contributed by atoms with E-state index in [2.05, 4.69) is 27.1 Å². The first-order valence-corrected chi connectivity index (χ1v) is 8.19. The number of carboxylic acids is 1. The van der Waals surface area contributed by atoms with Gasteiger partial charge in [0.05, 0.1) is 23.8 Å². The molecule has 6 heteroatoms.